The van der Waals surface area contributed by atoms with Crippen LogP contribution in [0.5, 0.6) is 0 Å². The second kappa shape index (κ2) is 8.53. The molecule has 0 saturated carbocycles. The van der Waals surface area contributed by atoms with Crippen LogP contribution >= 0.6 is 0 Å². The van der Waals surface area contributed by atoms with E-state index >= 15 is 0 Å². The quantitative estimate of drug-likeness (QED) is 0.453. The zero-order chi connectivity index (χ0) is 19.3. The first-order chi connectivity index (χ1) is 13.7. The Balaban J connectivity index is 1.23. The molecule has 2 heterocycles. The number of aryl methyl sites for hydroxylation is 2. The summed E-state index contributed by atoms with van der Waals surface area (Å²) in [5.41, 5.74) is 5.35. The van der Waals surface area contributed by atoms with Gasteiger partial charge in [0, 0.05) is 6.54 Å². The van der Waals surface area contributed by atoms with Crippen molar-refractivity contribution in [2.45, 2.75) is 45.1 Å². The molecule has 1 saturated heterocycles. The van der Waals surface area contributed by atoms with Crippen LogP contribution in [0, 0.1) is 13.5 Å². The van der Waals surface area contributed by atoms with Crippen molar-refractivity contribution >= 4 is 16.7 Å². The first kappa shape index (κ1) is 18.6. The largest absolute Gasteiger partial charge is 0.303 e. The summed E-state index contributed by atoms with van der Waals surface area (Å²) >= 11 is 0. The van der Waals surface area contributed by atoms with Crippen molar-refractivity contribution in [2.75, 3.05) is 19.6 Å². The van der Waals surface area contributed by atoms with Gasteiger partial charge in [-0.3, -0.25) is 0 Å². The SMILES string of the molecule is [C-]#[N+]c1ccc2nnn(CCCCN3CCC(c4cccc(C)c4)CC3)c2c1. The van der Waals surface area contributed by atoms with Crippen molar-refractivity contribution in [2.24, 2.45) is 0 Å². The number of hydrogen-bond donors (Lipinski definition) is 0. The standard InChI is InChI=1S/C23H27N5/c1-18-6-5-7-20(16-18)19-10-14-27(15-11-19)12-3-4-13-28-23-17-21(24-2)8-9-22(23)25-26-28/h5-9,16-17,19H,3-4,10-15H2,1H3. The van der Waals surface area contributed by atoms with E-state index in [-0.39, 0.29) is 0 Å². The summed E-state index contributed by atoms with van der Waals surface area (Å²) in [4.78, 5) is 6.11. The van der Waals surface area contributed by atoms with Gasteiger partial charge in [-0.25, -0.2) is 9.53 Å². The van der Waals surface area contributed by atoms with Crippen LogP contribution in [0.15, 0.2) is 42.5 Å². The van der Waals surface area contributed by atoms with Gasteiger partial charge >= 0.3 is 0 Å². The van der Waals surface area contributed by atoms with Gasteiger partial charge in [0.1, 0.15) is 5.52 Å². The first-order valence-electron chi connectivity index (χ1n) is 10.2. The van der Waals surface area contributed by atoms with Gasteiger partial charge < -0.3 is 4.90 Å². The highest BCUT2D eigenvalue weighted by Crippen LogP contribution is 2.28. The average Bonchev–Trinajstić information content (AvgIpc) is 3.14. The molecule has 0 bridgehead atoms. The Labute approximate surface area is 166 Å². The minimum Gasteiger partial charge on any atom is -0.303 e. The van der Waals surface area contributed by atoms with Crippen LogP contribution in [0.25, 0.3) is 15.9 Å². The third-order valence-electron chi connectivity index (χ3n) is 5.82. The Hall–Kier alpha value is -2.71. The molecular formula is C23H27N5. The fraction of sp³-hybridized carbons (Fsp3) is 0.435. The van der Waals surface area contributed by atoms with Gasteiger partial charge in [0.2, 0.25) is 0 Å². The van der Waals surface area contributed by atoms with Crippen LogP contribution < -0.4 is 0 Å². The van der Waals surface area contributed by atoms with E-state index in [4.69, 9.17) is 6.57 Å². The van der Waals surface area contributed by atoms with Gasteiger partial charge in [-0.2, -0.15) is 0 Å². The third-order valence-corrected chi connectivity index (χ3v) is 5.82. The molecule has 1 aliphatic rings. The van der Waals surface area contributed by atoms with Crippen LogP contribution in [-0.4, -0.2) is 39.5 Å². The number of nitrogens with zero attached hydrogens (tertiary/aromatic N) is 5. The Bertz CT molecular complexity index is 976. The fourth-order valence-corrected chi connectivity index (χ4v) is 4.20. The highest BCUT2D eigenvalue weighted by molar-refractivity contribution is 5.78. The second-order valence-corrected chi connectivity index (χ2v) is 7.83. The van der Waals surface area contributed by atoms with E-state index in [9.17, 15) is 0 Å². The maximum atomic E-state index is 7.17. The molecule has 4 rings (SSSR count). The lowest BCUT2D eigenvalue weighted by molar-refractivity contribution is 0.207. The number of rotatable bonds is 6. The minimum absolute atomic E-state index is 0.646. The first-order valence-corrected chi connectivity index (χ1v) is 10.2. The molecule has 1 aliphatic heterocycles. The van der Waals surface area contributed by atoms with Gasteiger partial charge in [-0.15, -0.1) is 5.10 Å². The number of unbranched alkanes of at least 4 members (excludes halogenated alkanes) is 1. The van der Waals surface area contributed by atoms with Crippen molar-refractivity contribution in [1.29, 1.82) is 0 Å². The van der Waals surface area contributed by atoms with Crippen molar-refractivity contribution in [3.63, 3.8) is 0 Å². The number of hydrogen-bond acceptors (Lipinski definition) is 3. The summed E-state index contributed by atoms with van der Waals surface area (Å²) in [5.74, 6) is 0.717. The molecule has 0 N–H and O–H groups in total. The molecule has 5 nitrogen and oxygen atoms in total. The Morgan fingerprint density at radius 2 is 1.89 bits per heavy atom. The van der Waals surface area contributed by atoms with E-state index in [0.29, 0.717) is 11.6 Å². The van der Waals surface area contributed by atoms with E-state index in [2.05, 4.69) is 51.2 Å². The molecular weight excluding hydrogens is 346 g/mol. The molecule has 0 amide bonds. The van der Waals surface area contributed by atoms with Gasteiger partial charge in [-0.1, -0.05) is 41.1 Å². The predicted octanol–water partition coefficient (Wildman–Crippen LogP) is 4.95. The molecule has 28 heavy (non-hydrogen) atoms. The minimum atomic E-state index is 0.646. The van der Waals surface area contributed by atoms with Gasteiger partial charge in [0.05, 0.1) is 12.1 Å². The number of fused-ring (bicyclic) bond motifs is 1. The molecule has 1 aromatic heterocycles. The molecule has 2 aromatic carbocycles. The summed E-state index contributed by atoms with van der Waals surface area (Å²) in [6.45, 7) is 13.8. The van der Waals surface area contributed by atoms with E-state index in [1.165, 1.54) is 43.5 Å². The van der Waals surface area contributed by atoms with Crippen molar-refractivity contribution in [1.82, 2.24) is 19.9 Å². The Morgan fingerprint density at radius 3 is 2.68 bits per heavy atom. The second-order valence-electron chi connectivity index (χ2n) is 7.83. The van der Waals surface area contributed by atoms with E-state index in [1.807, 2.05) is 16.8 Å². The maximum absolute atomic E-state index is 7.17. The van der Waals surface area contributed by atoms with Crippen molar-refractivity contribution in [3.8, 4) is 0 Å². The average molecular weight is 374 g/mol. The topological polar surface area (TPSA) is 38.3 Å². The number of aromatic nitrogens is 3. The Kier molecular flexibility index (Phi) is 5.68. The Morgan fingerprint density at radius 1 is 1.07 bits per heavy atom. The van der Waals surface area contributed by atoms with Crippen LogP contribution in [0.2, 0.25) is 0 Å². The van der Waals surface area contributed by atoms with E-state index in [1.54, 1.807) is 6.07 Å². The summed E-state index contributed by atoms with van der Waals surface area (Å²) in [6, 6.07) is 14.6. The normalized spacial score (nSPS) is 15.7. The van der Waals surface area contributed by atoms with Crippen LogP contribution in [0.1, 0.15) is 42.7 Å². The van der Waals surface area contributed by atoms with Crippen LogP contribution in [0.3, 0.4) is 0 Å². The monoisotopic (exact) mass is 373 g/mol. The molecule has 1 fully saturated rings. The summed E-state index contributed by atoms with van der Waals surface area (Å²) in [7, 11) is 0. The molecule has 0 radical (unpaired) electrons. The fourth-order valence-electron chi connectivity index (χ4n) is 4.20. The summed E-state index contributed by atoms with van der Waals surface area (Å²) < 4.78 is 1.94. The highest BCUT2D eigenvalue weighted by Gasteiger charge is 2.20. The van der Waals surface area contributed by atoms with E-state index in [0.717, 1.165) is 30.5 Å². The maximum Gasteiger partial charge on any atom is 0.189 e. The zero-order valence-electron chi connectivity index (χ0n) is 16.5. The van der Waals surface area contributed by atoms with Crippen LogP contribution in [0.4, 0.5) is 5.69 Å². The lowest BCUT2D eigenvalue weighted by Crippen LogP contribution is -2.33. The zero-order valence-corrected chi connectivity index (χ0v) is 16.5. The third kappa shape index (κ3) is 4.23. The van der Waals surface area contributed by atoms with Gasteiger partial charge in [0.25, 0.3) is 0 Å². The predicted molar refractivity (Wildman–Crippen MR) is 113 cm³/mol. The van der Waals surface area contributed by atoms with Crippen molar-refractivity contribution < 1.29 is 0 Å². The summed E-state index contributed by atoms with van der Waals surface area (Å²) in [6.07, 6.45) is 4.77. The lowest BCUT2D eigenvalue weighted by Gasteiger charge is -2.32. The molecule has 5 heteroatoms. The van der Waals surface area contributed by atoms with Crippen LogP contribution in [-0.2, 0) is 6.54 Å². The molecule has 144 valence electrons. The smallest absolute Gasteiger partial charge is 0.189 e. The van der Waals surface area contributed by atoms with Gasteiger partial charge in [0.15, 0.2) is 5.69 Å². The van der Waals surface area contributed by atoms with Gasteiger partial charge in [-0.05, 0) is 75.9 Å². The number of likely N-dealkylation sites (tertiary alicyclic amines) is 1. The molecule has 0 atom stereocenters. The lowest BCUT2D eigenvalue weighted by atomic mass is 9.88. The summed E-state index contributed by atoms with van der Waals surface area (Å²) in [5, 5.41) is 8.46. The number of piperidine rings is 1. The molecule has 0 aliphatic carbocycles. The number of benzene rings is 2. The van der Waals surface area contributed by atoms with E-state index < -0.39 is 0 Å². The molecule has 0 spiro atoms. The molecule has 3 aromatic rings. The van der Waals surface area contributed by atoms with Crippen molar-refractivity contribution in [3.05, 3.63) is 65.0 Å². The highest BCUT2D eigenvalue weighted by atomic mass is 15.4. The molecule has 0 unspecified atom stereocenters.